The minimum Gasteiger partial charge on any atom is -0.478 e. The zero-order valence-electron chi connectivity index (χ0n) is 11.4. The van der Waals surface area contributed by atoms with Crippen molar-refractivity contribution in [3.63, 3.8) is 0 Å². The van der Waals surface area contributed by atoms with Gasteiger partial charge in [-0.2, -0.15) is 0 Å². The first-order chi connectivity index (χ1) is 9.81. The molecule has 0 bridgehead atoms. The number of sulfonamides is 1. The minimum atomic E-state index is -3.82. The molecule has 8 nitrogen and oxygen atoms in total. The van der Waals surface area contributed by atoms with Crippen molar-refractivity contribution in [2.45, 2.75) is 18.4 Å². The van der Waals surface area contributed by atoms with Crippen molar-refractivity contribution in [3.8, 4) is 0 Å². The van der Waals surface area contributed by atoms with Gasteiger partial charge in [0.25, 0.3) is 0 Å². The number of nitrogens with one attached hydrogen (secondary N) is 1. The van der Waals surface area contributed by atoms with Crippen LogP contribution >= 0.6 is 0 Å². The zero-order chi connectivity index (χ0) is 15.6. The molecule has 0 aliphatic rings. The summed E-state index contributed by atoms with van der Waals surface area (Å²) in [5.41, 5.74) is 0.450. The maximum atomic E-state index is 12.2. The molecule has 0 spiro atoms. The van der Waals surface area contributed by atoms with Gasteiger partial charge in [-0.3, -0.25) is 0 Å². The van der Waals surface area contributed by atoms with Crippen LogP contribution in [0.25, 0.3) is 0 Å². The molecule has 0 unspecified atom stereocenters. The van der Waals surface area contributed by atoms with Crippen molar-refractivity contribution >= 4 is 16.0 Å². The number of aryl methyl sites for hydroxylation is 2. The second kappa shape index (κ2) is 5.62. The number of carboxylic acids is 1. The van der Waals surface area contributed by atoms with Crippen molar-refractivity contribution in [3.05, 3.63) is 41.5 Å². The van der Waals surface area contributed by atoms with Crippen LogP contribution in [0.1, 0.15) is 21.7 Å². The van der Waals surface area contributed by atoms with E-state index in [4.69, 9.17) is 5.11 Å². The summed E-state index contributed by atoms with van der Waals surface area (Å²) in [5.74, 6) is -0.720. The topological polar surface area (TPSA) is 114 Å². The molecule has 0 aliphatic carbocycles. The summed E-state index contributed by atoms with van der Waals surface area (Å²) in [5, 5.41) is 16.4. The second-order valence-corrected chi connectivity index (χ2v) is 6.23. The first-order valence-electron chi connectivity index (χ1n) is 5.98. The molecule has 0 amide bonds. The second-order valence-electron chi connectivity index (χ2n) is 4.46. The number of nitrogens with zero attached hydrogens (tertiary/aromatic N) is 3. The summed E-state index contributed by atoms with van der Waals surface area (Å²) in [4.78, 5) is 10.9. The summed E-state index contributed by atoms with van der Waals surface area (Å²) in [6, 6.07) is 3.96. The Bertz CT molecular complexity index is 782. The molecule has 2 rings (SSSR count). The first-order valence-corrected chi connectivity index (χ1v) is 7.46. The van der Waals surface area contributed by atoms with E-state index in [1.807, 2.05) is 0 Å². The fourth-order valence-electron chi connectivity index (χ4n) is 1.71. The molecule has 0 atom stereocenters. The van der Waals surface area contributed by atoms with Gasteiger partial charge in [-0.25, -0.2) is 17.9 Å². The number of hydrogen-bond acceptors (Lipinski definition) is 5. The Morgan fingerprint density at radius 2 is 2.14 bits per heavy atom. The molecule has 0 radical (unpaired) electrons. The predicted octanol–water partition coefficient (Wildman–Crippen LogP) is 0.300. The Morgan fingerprint density at radius 3 is 2.71 bits per heavy atom. The van der Waals surface area contributed by atoms with Crippen LogP contribution in [0.5, 0.6) is 0 Å². The van der Waals surface area contributed by atoms with Gasteiger partial charge in [-0.15, -0.1) is 10.2 Å². The Kier molecular flexibility index (Phi) is 4.05. The standard InChI is InChI=1S/C12H14N4O4S/c1-8-3-4-9(5-10(8)12(17)18)21(19,20)14-6-11-15-13-7-16(11)2/h3-5,7,14H,6H2,1-2H3,(H,17,18). The van der Waals surface area contributed by atoms with Gasteiger partial charge >= 0.3 is 5.97 Å². The van der Waals surface area contributed by atoms with Gasteiger partial charge in [0.15, 0.2) is 0 Å². The summed E-state index contributed by atoms with van der Waals surface area (Å²) < 4.78 is 28.3. The number of hydrogen-bond donors (Lipinski definition) is 2. The molecule has 0 aliphatic heterocycles. The van der Waals surface area contributed by atoms with Crippen molar-refractivity contribution in [1.29, 1.82) is 0 Å². The molecule has 0 saturated carbocycles. The highest BCUT2D eigenvalue weighted by atomic mass is 32.2. The van der Waals surface area contributed by atoms with Gasteiger partial charge in [0, 0.05) is 7.05 Å². The van der Waals surface area contributed by atoms with E-state index in [1.54, 1.807) is 18.5 Å². The Hall–Kier alpha value is -2.26. The van der Waals surface area contributed by atoms with E-state index in [1.165, 1.54) is 18.5 Å². The van der Waals surface area contributed by atoms with Crippen LogP contribution in [0.4, 0.5) is 0 Å². The number of benzene rings is 1. The van der Waals surface area contributed by atoms with E-state index in [2.05, 4.69) is 14.9 Å². The van der Waals surface area contributed by atoms with Gasteiger partial charge in [-0.1, -0.05) is 6.07 Å². The average Bonchev–Trinajstić information content (AvgIpc) is 2.82. The Labute approximate surface area is 121 Å². The Balaban J connectivity index is 2.26. The molecule has 2 N–H and O–H groups in total. The third-order valence-corrected chi connectivity index (χ3v) is 4.37. The third-order valence-electron chi connectivity index (χ3n) is 2.98. The molecule has 1 heterocycles. The lowest BCUT2D eigenvalue weighted by molar-refractivity contribution is 0.0696. The first kappa shape index (κ1) is 15.1. The smallest absolute Gasteiger partial charge is 0.335 e. The summed E-state index contributed by atoms with van der Waals surface area (Å²) in [6.45, 7) is 1.57. The van der Waals surface area contributed by atoms with Crippen LogP contribution in [0, 0.1) is 6.92 Å². The predicted molar refractivity (Wildman–Crippen MR) is 73.2 cm³/mol. The molecule has 2 aromatic rings. The quantitative estimate of drug-likeness (QED) is 0.821. The van der Waals surface area contributed by atoms with Gasteiger partial charge in [-0.05, 0) is 24.6 Å². The molecular formula is C12H14N4O4S. The van der Waals surface area contributed by atoms with Crippen molar-refractivity contribution in [1.82, 2.24) is 19.5 Å². The fraction of sp³-hybridized carbons (Fsp3) is 0.250. The lowest BCUT2D eigenvalue weighted by atomic mass is 10.1. The third kappa shape index (κ3) is 3.26. The van der Waals surface area contributed by atoms with E-state index in [-0.39, 0.29) is 17.0 Å². The van der Waals surface area contributed by atoms with Gasteiger partial charge < -0.3 is 9.67 Å². The normalized spacial score (nSPS) is 11.5. The highest BCUT2D eigenvalue weighted by Gasteiger charge is 2.18. The van der Waals surface area contributed by atoms with Gasteiger partial charge in [0.1, 0.15) is 12.2 Å². The van der Waals surface area contributed by atoms with Crippen LogP contribution in [0.2, 0.25) is 0 Å². The number of rotatable bonds is 5. The maximum Gasteiger partial charge on any atom is 0.335 e. The lowest BCUT2D eigenvalue weighted by Crippen LogP contribution is -2.25. The molecule has 9 heteroatoms. The van der Waals surface area contributed by atoms with Crippen LogP contribution < -0.4 is 4.72 Å². The average molecular weight is 310 g/mol. The highest BCUT2D eigenvalue weighted by molar-refractivity contribution is 7.89. The molecule has 21 heavy (non-hydrogen) atoms. The lowest BCUT2D eigenvalue weighted by Gasteiger charge is -2.08. The zero-order valence-corrected chi connectivity index (χ0v) is 12.3. The van der Waals surface area contributed by atoms with E-state index in [9.17, 15) is 13.2 Å². The number of carbonyl (C=O) groups is 1. The van der Waals surface area contributed by atoms with Crippen LogP contribution in [-0.2, 0) is 23.6 Å². The number of aromatic carboxylic acids is 1. The van der Waals surface area contributed by atoms with Crippen molar-refractivity contribution in [2.24, 2.45) is 7.05 Å². The summed E-state index contributed by atoms with van der Waals surface area (Å²) in [7, 11) is -2.13. The Morgan fingerprint density at radius 1 is 1.43 bits per heavy atom. The molecule has 0 fully saturated rings. The molecule has 1 aromatic carbocycles. The largest absolute Gasteiger partial charge is 0.478 e. The molecule has 1 aromatic heterocycles. The maximum absolute atomic E-state index is 12.2. The van der Waals surface area contributed by atoms with E-state index >= 15 is 0 Å². The molecular weight excluding hydrogens is 296 g/mol. The van der Waals surface area contributed by atoms with E-state index in [0.717, 1.165) is 6.07 Å². The van der Waals surface area contributed by atoms with Gasteiger partial charge in [0.2, 0.25) is 10.0 Å². The SMILES string of the molecule is Cc1ccc(S(=O)(=O)NCc2nncn2C)cc1C(=O)O. The van der Waals surface area contributed by atoms with Gasteiger partial charge in [0.05, 0.1) is 17.0 Å². The van der Waals surface area contributed by atoms with Crippen molar-refractivity contribution in [2.75, 3.05) is 0 Å². The van der Waals surface area contributed by atoms with E-state index < -0.39 is 16.0 Å². The van der Waals surface area contributed by atoms with E-state index in [0.29, 0.717) is 11.4 Å². The number of carboxylic acid groups (broad SMARTS) is 1. The van der Waals surface area contributed by atoms with Crippen LogP contribution in [0.15, 0.2) is 29.4 Å². The van der Waals surface area contributed by atoms with Crippen LogP contribution in [-0.4, -0.2) is 34.3 Å². The highest BCUT2D eigenvalue weighted by Crippen LogP contribution is 2.16. The van der Waals surface area contributed by atoms with Crippen molar-refractivity contribution < 1.29 is 18.3 Å². The molecule has 0 saturated heterocycles. The number of aromatic nitrogens is 3. The summed E-state index contributed by atoms with van der Waals surface area (Å²) in [6.07, 6.45) is 1.46. The van der Waals surface area contributed by atoms with Crippen LogP contribution in [0.3, 0.4) is 0 Å². The molecule has 112 valence electrons. The summed E-state index contributed by atoms with van der Waals surface area (Å²) >= 11 is 0. The minimum absolute atomic E-state index is 0.0326. The fourth-order valence-corrected chi connectivity index (χ4v) is 2.71. The monoisotopic (exact) mass is 310 g/mol.